The number of nitrogens with zero attached hydrogens (tertiary/aromatic N) is 1. The molecule has 4 aliphatic rings. The van der Waals surface area contributed by atoms with Crippen LogP contribution in [0.5, 0.6) is 5.75 Å². The number of benzene rings is 3. The number of carbonyl (C=O) groups is 3. The van der Waals surface area contributed by atoms with Crippen molar-refractivity contribution in [2.75, 3.05) is 11.5 Å². The highest BCUT2D eigenvalue weighted by Gasteiger charge is 2.69. The molecule has 2 aliphatic heterocycles. The Morgan fingerprint density at radius 2 is 1.65 bits per heavy atom. The van der Waals surface area contributed by atoms with E-state index in [0.29, 0.717) is 17.9 Å². The Bertz CT molecular complexity index is 1920. The maximum Gasteiger partial charge on any atom is 0.338 e. The van der Waals surface area contributed by atoms with Gasteiger partial charge >= 0.3 is 10.8 Å². The molecule has 2 aliphatic carbocycles. The third kappa shape index (κ3) is 4.56. The summed E-state index contributed by atoms with van der Waals surface area (Å²) in [4.78, 5) is 58.4. The molecular formula is C36H32N2O6S2. The minimum atomic E-state index is -0.441. The lowest BCUT2D eigenvalue weighted by molar-refractivity contribution is -0.123. The Morgan fingerprint density at radius 1 is 0.935 bits per heavy atom. The number of aromatic amines is 1. The van der Waals surface area contributed by atoms with Crippen LogP contribution >= 0.6 is 23.1 Å². The number of imide groups is 1. The van der Waals surface area contributed by atoms with Gasteiger partial charge in [0.1, 0.15) is 12.4 Å². The normalized spacial score (nSPS) is 27.3. The Balaban J connectivity index is 1.14. The standard InChI is InChI=1S/C36H32N2O6S2/c1-3-43-35(41)20-12-14-21(15-13-20)38-33(39)28-23-16-24(29(28)34(38)40)30-27(23)26(31-32(45-30)37-36(42)46-31)22-6-4-5-7-25(22)44-17-19-10-8-18(2)9-11-19/h4-15,23-24,26-30H,3,16-17H2,1-2H3,(H,37,42)/t23?,24?,26-,27?,28?,29?,30?/m1/s1. The van der Waals surface area contributed by atoms with E-state index in [4.69, 9.17) is 9.47 Å². The molecule has 8 rings (SSSR count). The molecule has 2 saturated carbocycles. The van der Waals surface area contributed by atoms with Gasteiger partial charge in [-0.15, -0.1) is 11.8 Å². The maximum atomic E-state index is 14.2. The number of rotatable bonds is 7. The van der Waals surface area contributed by atoms with Gasteiger partial charge in [0.15, 0.2) is 0 Å². The van der Waals surface area contributed by atoms with Crippen LogP contribution in [0.1, 0.15) is 51.2 Å². The summed E-state index contributed by atoms with van der Waals surface area (Å²) in [6, 6.07) is 22.8. The van der Waals surface area contributed by atoms with Crippen molar-refractivity contribution >= 4 is 46.6 Å². The fraction of sp³-hybridized carbons (Fsp3) is 0.333. The molecule has 0 radical (unpaired) electrons. The van der Waals surface area contributed by atoms with E-state index < -0.39 is 17.8 Å². The van der Waals surface area contributed by atoms with Gasteiger partial charge in [-0.3, -0.25) is 19.3 Å². The number of amides is 2. The molecule has 7 atom stereocenters. The van der Waals surface area contributed by atoms with Gasteiger partial charge in [-0.05, 0) is 73.9 Å². The van der Waals surface area contributed by atoms with Crippen molar-refractivity contribution in [3.63, 3.8) is 0 Å². The van der Waals surface area contributed by atoms with Crippen molar-refractivity contribution in [1.82, 2.24) is 4.98 Å². The molecule has 8 nitrogen and oxygen atoms in total. The van der Waals surface area contributed by atoms with Gasteiger partial charge < -0.3 is 14.5 Å². The average Bonchev–Trinajstić information content (AvgIpc) is 3.80. The van der Waals surface area contributed by atoms with Crippen LogP contribution in [0.25, 0.3) is 0 Å². The van der Waals surface area contributed by atoms with Crippen LogP contribution in [-0.4, -0.2) is 34.6 Å². The smallest absolute Gasteiger partial charge is 0.338 e. The second-order valence-electron chi connectivity index (χ2n) is 12.6. The molecule has 3 heterocycles. The van der Waals surface area contributed by atoms with Crippen LogP contribution in [0.3, 0.4) is 0 Å². The zero-order valence-corrected chi connectivity index (χ0v) is 26.9. The highest BCUT2D eigenvalue weighted by atomic mass is 32.2. The molecule has 4 aromatic rings. The summed E-state index contributed by atoms with van der Waals surface area (Å²) >= 11 is 2.90. The van der Waals surface area contributed by atoms with Crippen molar-refractivity contribution < 1.29 is 23.9 Å². The van der Waals surface area contributed by atoms with Crippen molar-refractivity contribution in [3.05, 3.63) is 110 Å². The number of hydrogen-bond donors (Lipinski definition) is 1. The summed E-state index contributed by atoms with van der Waals surface area (Å²) in [7, 11) is 0. The molecule has 6 unspecified atom stereocenters. The number of fused-ring (bicyclic) bond motifs is 9. The van der Waals surface area contributed by atoms with Crippen molar-refractivity contribution in [3.8, 4) is 5.75 Å². The van der Waals surface area contributed by atoms with E-state index in [0.717, 1.165) is 33.2 Å². The first-order valence-corrected chi connectivity index (χ1v) is 17.4. The van der Waals surface area contributed by atoms with Gasteiger partial charge in [-0.1, -0.05) is 59.4 Å². The van der Waals surface area contributed by atoms with Crippen molar-refractivity contribution in [1.29, 1.82) is 0 Å². The number of anilines is 1. The van der Waals surface area contributed by atoms with E-state index in [1.54, 1.807) is 43.0 Å². The lowest BCUT2D eigenvalue weighted by Gasteiger charge is -2.43. The number of ether oxygens (including phenoxy) is 2. The van der Waals surface area contributed by atoms with E-state index in [-0.39, 0.29) is 52.2 Å². The maximum absolute atomic E-state index is 14.2. The fourth-order valence-corrected chi connectivity index (χ4v) is 11.2. The molecule has 234 valence electrons. The zero-order valence-electron chi connectivity index (χ0n) is 25.3. The fourth-order valence-electron chi connectivity index (χ4n) is 8.29. The number of aryl methyl sites for hydroxylation is 1. The van der Waals surface area contributed by atoms with Gasteiger partial charge in [0.05, 0.1) is 34.7 Å². The lowest BCUT2D eigenvalue weighted by atomic mass is 9.68. The van der Waals surface area contributed by atoms with E-state index in [1.165, 1.54) is 21.8 Å². The second kappa shape index (κ2) is 11.3. The topological polar surface area (TPSA) is 106 Å². The Kier molecular flexibility index (Phi) is 7.17. The predicted molar refractivity (Wildman–Crippen MR) is 175 cm³/mol. The molecule has 46 heavy (non-hydrogen) atoms. The van der Waals surface area contributed by atoms with Crippen LogP contribution in [0.2, 0.25) is 0 Å². The summed E-state index contributed by atoms with van der Waals surface area (Å²) in [5, 5.41) is 0.934. The van der Waals surface area contributed by atoms with Gasteiger partial charge in [0.2, 0.25) is 11.8 Å². The number of aromatic nitrogens is 1. The van der Waals surface area contributed by atoms with Gasteiger partial charge in [-0.2, -0.15) is 0 Å². The Morgan fingerprint density at radius 3 is 2.39 bits per heavy atom. The predicted octanol–water partition coefficient (Wildman–Crippen LogP) is 6.18. The number of nitrogens with one attached hydrogen (secondary N) is 1. The SMILES string of the molecule is CCOC(=O)c1ccc(N2C(=O)C3C4CC(C3C2=O)C2C4Sc3[nH]c(=O)sc3[C@@H]2c2ccccc2OCc2ccc(C)cc2)cc1. The Labute approximate surface area is 274 Å². The number of H-pyrrole nitrogens is 1. The van der Waals surface area contributed by atoms with Crippen LogP contribution < -0.4 is 14.5 Å². The van der Waals surface area contributed by atoms with Crippen LogP contribution in [0.15, 0.2) is 82.6 Å². The molecule has 1 N–H and O–H groups in total. The average molecular weight is 653 g/mol. The minimum absolute atomic E-state index is 0.00458. The quantitative estimate of drug-likeness (QED) is 0.188. The molecule has 3 fully saturated rings. The highest BCUT2D eigenvalue weighted by Crippen LogP contribution is 2.69. The number of thioether (sulfide) groups is 1. The first-order valence-electron chi connectivity index (χ1n) is 15.7. The van der Waals surface area contributed by atoms with Gasteiger partial charge in [0, 0.05) is 21.6 Å². The van der Waals surface area contributed by atoms with E-state index in [2.05, 4.69) is 42.2 Å². The Hall–Kier alpha value is -4.15. The zero-order chi connectivity index (χ0) is 31.7. The van der Waals surface area contributed by atoms with E-state index >= 15 is 0 Å². The number of esters is 1. The third-order valence-corrected chi connectivity index (χ3v) is 12.7. The largest absolute Gasteiger partial charge is 0.489 e. The highest BCUT2D eigenvalue weighted by molar-refractivity contribution is 8.00. The summed E-state index contributed by atoms with van der Waals surface area (Å²) in [6.45, 7) is 4.48. The first-order chi connectivity index (χ1) is 22.3. The van der Waals surface area contributed by atoms with Gasteiger partial charge in [-0.25, -0.2) is 4.79 Å². The summed E-state index contributed by atoms with van der Waals surface area (Å²) in [5.41, 5.74) is 4.11. The molecular weight excluding hydrogens is 621 g/mol. The first kappa shape index (κ1) is 29.3. The van der Waals surface area contributed by atoms with Crippen molar-refractivity contribution in [2.24, 2.45) is 29.6 Å². The monoisotopic (exact) mass is 652 g/mol. The van der Waals surface area contributed by atoms with E-state index in [1.807, 2.05) is 18.2 Å². The second-order valence-corrected chi connectivity index (χ2v) is 14.8. The molecule has 2 amide bonds. The summed E-state index contributed by atoms with van der Waals surface area (Å²) < 4.78 is 11.5. The van der Waals surface area contributed by atoms with Gasteiger partial charge in [0.25, 0.3) is 0 Å². The minimum Gasteiger partial charge on any atom is -0.489 e. The molecule has 0 spiro atoms. The number of para-hydroxylation sites is 1. The molecule has 1 saturated heterocycles. The third-order valence-electron chi connectivity index (χ3n) is 10.1. The van der Waals surface area contributed by atoms with Crippen LogP contribution in [-0.2, 0) is 20.9 Å². The summed E-state index contributed by atoms with van der Waals surface area (Å²) in [5.74, 6) is -0.956. The van der Waals surface area contributed by atoms with Crippen LogP contribution in [0, 0.1) is 36.5 Å². The number of hydrogen-bond acceptors (Lipinski definition) is 8. The van der Waals surface area contributed by atoms with E-state index in [9.17, 15) is 19.2 Å². The summed E-state index contributed by atoms with van der Waals surface area (Å²) in [6.07, 6.45) is 0.798. The lowest BCUT2D eigenvalue weighted by Crippen LogP contribution is -2.42. The molecule has 10 heteroatoms. The molecule has 1 aromatic heterocycles. The number of carbonyl (C=O) groups excluding carboxylic acids is 3. The van der Waals surface area contributed by atoms with Crippen molar-refractivity contribution in [2.45, 2.75) is 43.1 Å². The van der Waals surface area contributed by atoms with Crippen LogP contribution in [0.4, 0.5) is 5.69 Å². The molecule has 2 bridgehead atoms. The number of thiazole rings is 1. The molecule has 3 aromatic carbocycles.